The zero-order valence-corrected chi connectivity index (χ0v) is 6.39. The van der Waals surface area contributed by atoms with Crippen LogP contribution in [0.1, 0.15) is 6.42 Å². The van der Waals surface area contributed by atoms with Gasteiger partial charge in [-0.2, -0.15) is 0 Å². The fraction of sp³-hybridized carbons (Fsp3) is 0.714. The van der Waals surface area contributed by atoms with Gasteiger partial charge in [-0.1, -0.05) is 0 Å². The highest BCUT2D eigenvalue weighted by Gasteiger charge is 2.10. The van der Waals surface area contributed by atoms with Crippen molar-refractivity contribution in [3.63, 3.8) is 0 Å². The Balaban J connectivity index is 2.57. The molecule has 0 unspecified atom stereocenters. The number of hydrogen-bond acceptors (Lipinski definition) is 2. The topological polar surface area (TPSA) is 6.48 Å². The molecule has 0 spiro atoms. The van der Waals surface area contributed by atoms with Crippen molar-refractivity contribution in [1.29, 1.82) is 0 Å². The van der Waals surface area contributed by atoms with E-state index in [2.05, 4.69) is 37.0 Å². The van der Waals surface area contributed by atoms with Crippen LogP contribution in [-0.2, 0) is 0 Å². The number of hydrogen-bond donors (Lipinski definition) is 0. The van der Waals surface area contributed by atoms with E-state index in [1.54, 1.807) is 0 Å². The van der Waals surface area contributed by atoms with Crippen molar-refractivity contribution in [3.8, 4) is 0 Å². The highest BCUT2D eigenvalue weighted by molar-refractivity contribution is 5.03. The summed E-state index contributed by atoms with van der Waals surface area (Å²) in [7, 11) is 6.28. The van der Waals surface area contributed by atoms with E-state index in [9.17, 15) is 0 Å². The first-order chi connectivity index (χ1) is 4.22. The van der Waals surface area contributed by atoms with Crippen molar-refractivity contribution < 1.29 is 0 Å². The van der Waals surface area contributed by atoms with E-state index >= 15 is 0 Å². The molecule has 1 aliphatic rings. The van der Waals surface area contributed by atoms with E-state index in [-0.39, 0.29) is 0 Å². The molecular formula is C7H14N2. The van der Waals surface area contributed by atoms with Gasteiger partial charge in [-0.25, -0.2) is 0 Å². The maximum atomic E-state index is 2.26. The molecule has 0 atom stereocenters. The Hall–Kier alpha value is -0.660. The van der Waals surface area contributed by atoms with Gasteiger partial charge in [-0.15, -0.1) is 0 Å². The van der Waals surface area contributed by atoms with Gasteiger partial charge in [0.05, 0.1) is 5.82 Å². The fourth-order valence-electron chi connectivity index (χ4n) is 1.18. The summed E-state index contributed by atoms with van der Waals surface area (Å²) in [6, 6.07) is 0. The molecule has 0 aromatic heterocycles. The van der Waals surface area contributed by atoms with Crippen molar-refractivity contribution >= 4 is 0 Å². The first-order valence-corrected chi connectivity index (χ1v) is 3.30. The zero-order valence-electron chi connectivity index (χ0n) is 6.39. The number of rotatable bonds is 1. The summed E-state index contributed by atoms with van der Waals surface area (Å²) < 4.78 is 0. The summed E-state index contributed by atoms with van der Waals surface area (Å²) in [5.41, 5.74) is 0. The molecule has 0 amide bonds. The molecular weight excluding hydrogens is 112 g/mol. The second-order valence-corrected chi connectivity index (χ2v) is 2.67. The molecule has 9 heavy (non-hydrogen) atoms. The van der Waals surface area contributed by atoms with Crippen LogP contribution in [0.5, 0.6) is 0 Å². The molecule has 0 saturated carbocycles. The van der Waals surface area contributed by atoms with Crippen LogP contribution in [0.2, 0.25) is 0 Å². The standard InChI is InChI=1S/C7H14N2/c1-8(2)7-5-4-6-9(7)3/h5H,4,6H2,1-3H3. The summed E-state index contributed by atoms with van der Waals surface area (Å²) in [6.45, 7) is 1.17. The summed E-state index contributed by atoms with van der Waals surface area (Å²) in [6.07, 6.45) is 3.46. The molecule has 0 aromatic carbocycles. The van der Waals surface area contributed by atoms with Crippen LogP contribution in [0, 0.1) is 0 Å². The normalized spacial score (nSPS) is 18.1. The molecule has 0 aromatic rings. The lowest BCUT2D eigenvalue weighted by Gasteiger charge is -2.22. The Morgan fingerprint density at radius 1 is 1.56 bits per heavy atom. The summed E-state index contributed by atoms with van der Waals surface area (Å²) in [5.74, 6) is 1.34. The quantitative estimate of drug-likeness (QED) is 0.511. The Morgan fingerprint density at radius 3 is 2.44 bits per heavy atom. The van der Waals surface area contributed by atoms with Crippen LogP contribution < -0.4 is 0 Å². The maximum absolute atomic E-state index is 2.26. The smallest absolute Gasteiger partial charge is 0.0990 e. The van der Waals surface area contributed by atoms with Crippen molar-refractivity contribution in [2.24, 2.45) is 0 Å². The van der Waals surface area contributed by atoms with Crippen LogP contribution in [0.3, 0.4) is 0 Å². The molecule has 52 valence electrons. The Bertz CT molecular complexity index is 127. The van der Waals surface area contributed by atoms with Crippen LogP contribution in [0.25, 0.3) is 0 Å². The van der Waals surface area contributed by atoms with Crippen LogP contribution >= 0.6 is 0 Å². The predicted octanol–water partition coefficient (Wildman–Crippen LogP) is 0.725. The lowest BCUT2D eigenvalue weighted by molar-refractivity contribution is 0.328. The largest absolute Gasteiger partial charge is 0.365 e. The molecule has 0 N–H and O–H groups in total. The van der Waals surface area contributed by atoms with E-state index in [4.69, 9.17) is 0 Å². The third-order valence-corrected chi connectivity index (χ3v) is 1.64. The molecule has 1 rings (SSSR count). The van der Waals surface area contributed by atoms with E-state index < -0.39 is 0 Å². The van der Waals surface area contributed by atoms with E-state index in [0.717, 1.165) is 0 Å². The van der Waals surface area contributed by atoms with Crippen LogP contribution in [-0.4, -0.2) is 37.5 Å². The summed E-state index contributed by atoms with van der Waals surface area (Å²) >= 11 is 0. The predicted molar refractivity (Wildman–Crippen MR) is 39.0 cm³/mol. The minimum absolute atomic E-state index is 1.17. The van der Waals surface area contributed by atoms with E-state index in [1.165, 1.54) is 18.8 Å². The average molecular weight is 126 g/mol. The highest BCUT2D eigenvalue weighted by Crippen LogP contribution is 2.12. The molecule has 0 bridgehead atoms. The SMILES string of the molecule is CN(C)C1=CCCN1C. The first kappa shape index (κ1) is 6.46. The van der Waals surface area contributed by atoms with Gasteiger partial charge < -0.3 is 9.80 Å². The van der Waals surface area contributed by atoms with Gasteiger partial charge in [0, 0.05) is 27.7 Å². The van der Waals surface area contributed by atoms with Gasteiger partial charge in [0.15, 0.2) is 0 Å². The Kier molecular flexibility index (Phi) is 1.65. The molecule has 2 heteroatoms. The van der Waals surface area contributed by atoms with Crippen LogP contribution in [0.15, 0.2) is 11.9 Å². The van der Waals surface area contributed by atoms with Crippen LogP contribution in [0.4, 0.5) is 0 Å². The third kappa shape index (κ3) is 1.18. The van der Waals surface area contributed by atoms with E-state index in [0.29, 0.717) is 0 Å². The lowest BCUT2D eigenvalue weighted by atomic mass is 10.5. The zero-order chi connectivity index (χ0) is 6.85. The van der Waals surface area contributed by atoms with Gasteiger partial charge >= 0.3 is 0 Å². The van der Waals surface area contributed by atoms with Crippen molar-refractivity contribution in [1.82, 2.24) is 9.80 Å². The summed E-state index contributed by atoms with van der Waals surface area (Å²) in [4.78, 5) is 4.41. The number of nitrogens with zero attached hydrogens (tertiary/aromatic N) is 2. The van der Waals surface area contributed by atoms with Crippen molar-refractivity contribution in [3.05, 3.63) is 11.9 Å². The van der Waals surface area contributed by atoms with Gasteiger partial charge in [-0.3, -0.25) is 0 Å². The first-order valence-electron chi connectivity index (χ1n) is 3.30. The minimum atomic E-state index is 1.17. The van der Waals surface area contributed by atoms with Gasteiger partial charge in [0.25, 0.3) is 0 Å². The second-order valence-electron chi connectivity index (χ2n) is 2.67. The second kappa shape index (κ2) is 2.29. The molecule has 2 nitrogen and oxygen atoms in total. The maximum Gasteiger partial charge on any atom is 0.0990 e. The van der Waals surface area contributed by atoms with Crippen molar-refractivity contribution in [2.45, 2.75) is 6.42 Å². The molecule has 0 saturated heterocycles. The summed E-state index contributed by atoms with van der Waals surface area (Å²) in [5, 5.41) is 0. The molecule has 0 aliphatic carbocycles. The average Bonchev–Trinajstić information content (AvgIpc) is 2.13. The molecule has 1 heterocycles. The minimum Gasteiger partial charge on any atom is -0.365 e. The van der Waals surface area contributed by atoms with Gasteiger partial charge in [-0.05, 0) is 12.5 Å². The van der Waals surface area contributed by atoms with Gasteiger partial charge in [0.2, 0.25) is 0 Å². The molecule has 0 fully saturated rings. The van der Waals surface area contributed by atoms with E-state index in [1.807, 2.05) is 0 Å². The fourth-order valence-corrected chi connectivity index (χ4v) is 1.18. The molecule has 1 aliphatic heterocycles. The highest BCUT2D eigenvalue weighted by atomic mass is 15.3. The lowest BCUT2D eigenvalue weighted by Crippen LogP contribution is -2.24. The van der Waals surface area contributed by atoms with Gasteiger partial charge in [0.1, 0.15) is 0 Å². The third-order valence-electron chi connectivity index (χ3n) is 1.64. The van der Waals surface area contributed by atoms with Crippen molar-refractivity contribution in [2.75, 3.05) is 27.7 Å². The Morgan fingerprint density at radius 2 is 2.22 bits per heavy atom. The molecule has 0 radical (unpaired) electrons. The monoisotopic (exact) mass is 126 g/mol. The Labute approximate surface area is 56.8 Å².